The SMILES string of the molecule is COC(=O)C1CCCCOC1=O. The van der Waals surface area contributed by atoms with Crippen molar-refractivity contribution in [2.75, 3.05) is 13.7 Å². The number of cyclic esters (lactones) is 1. The monoisotopic (exact) mass is 172 g/mol. The molecule has 0 saturated carbocycles. The molecule has 1 unspecified atom stereocenters. The maximum absolute atomic E-state index is 11.1. The van der Waals surface area contributed by atoms with E-state index in [0.29, 0.717) is 13.0 Å². The molecule has 1 saturated heterocycles. The van der Waals surface area contributed by atoms with E-state index in [0.717, 1.165) is 12.8 Å². The van der Waals surface area contributed by atoms with Gasteiger partial charge in [-0.15, -0.1) is 0 Å². The first kappa shape index (κ1) is 9.03. The van der Waals surface area contributed by atoms with Gasteiger partial charge < -0.3 is 9.47 Å². The van der Waals surface area contributed by atoms with E-state index in [2.05, 4.69) is 4.74 Å². The molecule has 0 radical (unpaired) electrons. The zero-order valence-electron chi connectivity index (χ0n) is 7.04. The zero-order chi connectivity index (χ0) is 8.97. The summed E-state index contributed by atoms with van der Waals surface area (Å²) >= 11 is 0. The number of carbonyl (C=O) groups is 2. The fourth-order valence-corrected chi connectivity index (χ4v) is 1.20. The van der Waals surface area contributed by atoms with E-state index in [-0.39, 0.29) is 0 Å². The van der Waals surface area contributed by atoms with Gasteiger partial charge in [-0.2, -0.15) is 0 Å². The first-order chi connectivity index (χ1) is 5.75. The van der Waals surface area contributed by atoms with E-state index >= 15 is 0 Å². The molecule has 1 rings (SSSR count). The molecule has 12 heavy (non-hydrogen) atoms. The van der Waals surface area contributed by atoms with Crippen molar-refractivity contribution in [2.45, 2.75) is 19.3 Å². The van der Waals surface area contributed by atoms with Crippen molar-refractivity contribution >= 4 is 11.9 Å². The highest BCUT2D eigenvalue weighted by Gasteiger charge is 2.30. The normalized spacial score (nSPS) is 24.1. The Balaban J connectivity index is 2.59. The number of hydrogen-bond acceptors (Lipinski definition) is 4. The topological polar surface area (TPSA) is 52.6 Å². The fourth-order valence-electron chi connectivity index (χ4n) is 1.20. The Morgan fingerprint density at radius 3 is 3.00 bits per heavy atom. The number of rotatable bonds is 1. The maximum Gasteiger partial charge on any atom is 0.320 e. The van der Waals surface area contributed by atoms with E-state index < -0.39 is 17.9 Å². The van der Waals surface area contributed by atoms with Gasteiger partial charge in [-0.1, -0.05) is 0 Å². The van der Waals surface area contributed by atoms with E-state index in [1.54, 1.807) is 0 Å². The lowest BCUT2D eigenvalue weighted by Gasteiger charge is -2.08. The van der Waals surface area contributed by atoms with Crippen LogP contribution in [0, 0.1) is 5.92 Å². The van der Waals surface area contributed by atoms with Gasteiger partial charge >= 0.3 is 11.9 Å². The number of methoxy groups -OCH3 is 1. The third kappa shape index (κ3) is 1.96. The highest BCUT2D eigenvalue weighted by Crippen LogP contribution is 2.16. The van der Waals surface area contributed by atoms with Crippen LogP contribution in [-0.2, 0) is 19.1 Å². The Labute approximate surface area is 70.8 Å². The van der Waals surface area contributed by atoms with Gasteiger partial charge in [0.15, 0.2) is 5.92 Å². The van der Waals surface area contributed by atoms with Crippen LogP contribution in [0.5, 0.6) is 0 Å². The van der Waals surface area contributed by atoms with Crippen LogP contribution >= 0.6 is 0 Å². The Morgan fingerprint density at radius 1 is 1.58 bits per heavy atom. The Bertz CT molecular complexity index is 187. The summed E-state index contributed by atoms with van der Waals surface area (Å²) < 4.78 is 9.27. The second-order valence-corrected chi connectivity index (χ2v) is 2.74. The van der Waals surface area contributed by atoms with Gasteiger partial charge in [0.1, 0.15) is 0 Å². The summed E-state index contributed by atoms with van der Waals surface area (Å²) in [4.78, 5) is 22.1. The van der Waals surface area contributed by atoms with Gasteiger partial charge in [0.05, 0.1) is 13.7 Å². The third-order valence-corrected chi connectivity index (χ3v) is 1.90. The lowest BCUT2D eigenvalue weighted by molar-refractivity contribution is -0.159. The molecule has 0 aromatic carbocycles. The van der Waals surface area contributed by atoms with Crippen molar-refractivity contribution in [3.63, 3.8) is 0 Å². The average molecular weight is 172 g/mol. The van der Waals surface area contributed by atoms with Crippen LogP contribution in [0.15, 0.2) is 0 Å². The number of ether oxygens (including phenoxy) is 2. The van der Waals surface area contributed by atoms with Crippen molar-refractivity contribution in [3.8, 4) is 0 Å². The lowest BCUT2D eigenvalue weighted by atomic mass is 10.0. The molecule has 0 N–H and O–H groups in total. The van der Waals surface area contributed by atoms with Crippen LogP contribution in [0.3, 0.4) is 0 Å². The summed E-state index contributed by atoms with van der Waals surface area (Å²) in [7, 11) is 1.28. The lowest BCUT2D eigenvalue weighted by Crippen LogP contribution is -2.25. The van der Waals surface area contributed by atoms with Crippen molar-refractivity contribution < 1.29 is 19.1 Å². The van der Waals surface area contributed by atoms with E-state index in [9.17, 15) is 9.59 Å². The summed E-state index contributed by atoms with van der Waals surface area (Å²) in [6.07, 6.45) is 2.22. The van der Waals surface area contributed by atoms with Crippen LogP contribution < -0.4 is 0 Å². The Morgan fingerprint density at radius 2 is 2.33 bits per heavy atom. The largest absolute Gasteiger partial charge is 0.468 e. The number of carbonyl (C=O) groups excluding carboxylic acids is 2. The summed E-state index contributed by atoms with van der Waals surface area (Å²) in [5.74, 6) is -1.63. The predicted octanol–water partition coefficient (Wildman–Crippen LogP) is 0.503. The third-order valence-electron chi connectivity index (χ3n) is 1.90. The molecule has 0 amide bonds. The maximum atomic E-state index is 11.1. The van der Waals surface area contributed by atoms with Gasteiger partial charge in [0, 0.05) is 0 Å². The highest BCUT2D eigenvalue weighted by molar-refractivity contribution is 5.94. The standard InChI is InChI=1S/C8H12O4/c1-11-7(9)6-4-2-3-5-12-8(6)10/h6H,2-5H2,1H3. The molecule has 1 aliphatic rings. The molecule has 1 heterocycles. The molecule has 0 aromatic heterocycles. The van der Waals surface area contributed by atoms with Crippen LogP contribution in [0.4, 0.5) is 0 Å². The highest BCUT2D eigenvalue weighted by atomic mass is 16.5. The second kappa shape index (κ2) is 4.09. The van der Waals surface area contributed by atoms with Gasteiger partial charge in [-0.3, -0.25) is 9.59 Å². The molecular formula is C8H12O4. The predicted molar refractivity (Wildman–Crippen MR) is 40.3 cm³/mol. The summed E-state index contributed by atoms with van der Waals surface area (Å²) in [5.41, 5.74) is 0. The van der Waals surface area contributed by atoms with E-state index in [4.69, 9.17) is 4.74 Å². The molecule has 4 heteroatoms. The first-order valence-corrected chi connectivity index (χ1v) is 4.00. The van der Waals surface area contributed by atoms with Gasteiger partial charge in [-0.25, -0.2) is 0 Å². The van der Waals surface area contributed by atoms with Crippen molar-refractivity contribution in [1.82, 2.24) is 0 Å². The molecule has 0 spiro atoms. The molecule has 4 nitrogen and oxygen atoms in total. The molecule has 1 fully saturated rings. The van der Waals surface area contributed by atoms with Crippen LogP contribution in [0.2, 0.25) is 0 Å². The number of esters is 2. The van der Waals surface area contributed by atoms with Crippen molar-refractivity contribution in [1.29, 1.82) is 0 Å². The number of hydrogen-bond donors (Lipinski definition) is 0. The zero-order valence-corrected chi connectivity index (χ0v) is 7.04. The minimum Gasteiger partial charge on any atom is -0.468 e. The summed E-state index contributed by atoms with van der Waals surface area (Å²) in [5, 5.41) is 0. The fraction of sp³-hybridized carbons (Fsp3) is 0.750. The molecule has 0 aromatic rings. The van der Waals surface area contributed by atoms with Gasteiger partial charge in [-0.05, 0) is 19.3 Å². The second-order valence-electron chi connectivity index (χ2n) is 2.74. The van der Waals surface area contributed by atoms with Crippen molar-refractivity contribution in [2.24, 2.45) is 5.92 Å². The van der Waals surface area contributed by atoms with E-state index in [1.165, 1.54) is 7.11 Å². The minimum absolute atomic E-state index is 0.423. The molecule has 1 atom stereocenters. The molecule has 0 aliphatic carbocycles. The van der Waals surface area contributed by atoms with Crippen LogP contribution in [0.1, 0.15) is 19.3 Å². The minimum atomic E-state index is -0.697. The van der Waals surface area contributed by atoms with Crippen LogP contribution in [-0.4, -0.2) is 25.7 Å². The first-order valence-electron chi connectivity index (χ1n) is 4.00. The quantitative estimate of drug-likeness (QED) is 0.427. The molecule has 0 bridgehead atoms. The molecule has 68 valence electrons. The summed E-state index contributed by atoms with van der Waals surface area (Å²) in [6, 6.07) is 0. The van der Waals surface area contributed by atoms with E-state index in [1.807, 2.05) is 0 Å². The van der Waals surface area contributed by atoms with Gasteiger partial charge in [0.25, 0.3) is 0 Å². The average Bonchev–Trinajstić information content (AvgIpc) is 2.28. The van der Waals surface area contributed by atoms with Crippen molar-refractivity contribution in [3.05, 3.63) is 0 Å². The molecule has 1 aliphatic heterocycles. The summed E-state index contributed by atoms with van der Waals surface area (Å²) in [6.45, 7) is 0.423. The molecular weight excluding hydrogens is 160 g/mol. The van der Waals surface area contributed by atoms with Crippen LogP contribution in [0.25, 0.3) is 0 Å². The van der Waals surface area contributed by atoms with Gasteiger partial charge in [0.2, 0.25) is 0 Å². The Hall–Kier alpha value is -1.06. The Kier molecular flexibility index (Phi) is 3.08. The smallest absolute Gasteiger partial charge is 0.320 e.